The molecule has 2 rings (SSSR count). The maximum atomic E-state index is 12.3. The fourth-order valence-corrected chi connectivity index (χ4v) is 1.88. The number of hydrogen-bond donors (Lipinski definition) is 1. The molecule has 1 heterocycles. The van der Waals surface area contributed by atoms with Gasteiger partial charge in [-0.3, -0.25) is 4.79 Å². The summed E-state index contributed by atoms with van der Waals surface area (Å²) in [5.74, 6) is -0.187. The van der Waals surface area contributed by atoms with Crippen LogP contribution in [0.5, 0.6) is 0 Å². The van der Waals surface area contributed by atoms with Crippen LogP contribution < -0.4 is 5.73 Å². The van der Waals surface area contributed by atoms with E-state index in [1.807, 2.05) is 0 Å². The van der Waals surface area contributed by atoms with Crippen LogP contribution in [0.3, 0.4) is 0 Å². The number of fused-ring (bicyclic) bond motifs is 1. The van der Waals surface area contributed by atoms with Crippen molar-refractivity contribution in [1.82, 2.24) is 9.88 Å². The van der Waals surface area contributed by atoms with Crippen LogP contribution in [0.1, 0.15) is 10.4 Å². The first-order valence-electron chi connectivity index (χ1n) is 5.67. The molecule has 19 heavy (non-hydrogen) atoms. The Balaban J connectivity index is 2.46. The second-order valence-corrected chi connectivity index (χ2v) is 4.18. The Labute approximate surface area is 108 Å². The van der Waals surface area contributed by atoms with Crippen LogP contribution in [0.25, 0.3) is 10.8 Å². The van der Waals surface area contributed by atoms with Crippen molar-refractivity contribution >= 4 is 22.5 Å². The fourth-order valence-electron chi connectivity index (χ4n) is 1.88. The zero-order valence-corrected chi connectivity index (χ0v) is 10.3. The van der Waals surface area contributed by atoms with Crippen molar-refractivity contribution in [2.45, 2.75) is 6.43 Å². The van der Waals surface area contributed by atoms with Gasteiger partial charge in [0.25, 0.3) is 12.3 Å². The van der Waals surface area contributed by atoms with E-state index in [1.165, 1.54) is 13.2 Å². The Kier molecular flexibility index (Phi) is 3.59. The van der Waals surface area contributed by atoms with E-state index in [-0.39, 0.29) is 5.56 Å². The lowest BCUT2D eigenvalue weighted by Gasteiger charge is -2.17. The number of carbonyl (C=O) groups is 1. The van der Waals surface area contributed by atoms with Gasteiger partial charge in [-0.05, 0) is 5.39 Å². The van der Waals surface area contributed by atoms with Crippen molar-refractivity contribution in [2.24, 2.45) is 0 Å². The highest BCUT2D eigenvalue weighted by Gasteiger charge is 2.18. The summed E-state index contributed by atoms with van der Waals surface area (Å²) in [7, 11) is 1.33. The predicted octanol–water partition coefficient (Wildman–Crippen LogP) is 2.15. The molecule has 0 aliphatic heterocycles. The lowest BCUT2D eigenvalue weighted by Crippen LogP contribution is -2.31. The van der Waals surface area contributed by atoms with E-state index in [0.717, 1.165) is 4.90 Å². The Hall–Kier alpha value is -2.24. The Bertz CT molecular complexity index is 616. The summed E-state index contributed by atoms with van der Waals surface area (Å²) in [5.41, 5.74) is 6.00. The highest BCUT2D eigenvalue weighted by atomic mass is 19.3. The smallest absolute Gasteiger partial charge is 0.255 e. The SMILES string of the molecule is CN(CC(F)F)C(=O)c1cnc(N)c2ccccc12. The number of anilines is 1. The molecule has 0 aliphatic carbocycles. The highest BCUT2D eigenvalue weighted by Crippen LogP contribution is 2.23. The van der Waals surface area contributed by atoms with Crippen LogP contribution in [-0.2, 0) is 0 Å². The first-order valence-corrected chi connectivity index (χ1v) is 5.67. The largest absolute Gasteiger partial charge is 0.383 e. The van der Waals surface area contributed by atoms with Crippen molar-refractivity contribution < 1.29 is 13.6 Å². The fraction of sp³-hybridized carbons (Fsp3) is 0.231. The third kappa shape index (κ3) is 2.62. The molecule has 2 N–H and O–H groups in total. The minimum atomic E-state index is -2.57. The summed E-state index contributed by atoms with van der Waals surface area (Å²) in [6.07, 6.45) is -1.25. The molecule has 0 saturated carbocycles. The molecule has 1 aromatic heterocycles. The summed E-state index contributed by atoms with van der Waals surface area (Å²) in [6.45, 7) is -0.614. The molecule has 0 unspecified atom stereocenters. The van der Waals surface area contributed by atoms with Gasteiger partial charge in [-0.2, -0.15) is 0 Å². The van der Waals surface area contributed by atoms with Gasteiger partial charge < -0.3 is 10.6 Å². The molecule has 0 fully saturated rings. The van der Waals surface area contributed by atoms with Gasteiger partial charge in [0.05, 0.1) is 12.1 Å². The first kappa shape index (κ1) is 13.2. The van der Waals surface area contributed by atoms with Gasteiger partial charge >= 0.3 is 0 Å². The summed E-state index contributed by atoms with van der Waals surface area (Å²) in [6, 6.07) is 6.99. The number of aromatic nitrogens is 1. The van der Waals surface area contributed by atoms with Crippen LogP contribution in [0.4, 0.5) is 14.6 Å². The number of nitrogen functional groups attached to an aromatic ring is 1. The highest BCUT2D eigenvalue weighted by molar-refractivity contribution is 6.08. The average molecular weight is 265 g/mol. The summed E-state index contributed by atoms with van der Waals surface area (Å²) < 4.78 is 24.6. The zero-order valence-electron chi connectivity index (χ0n) is 10.3. The number of halogens is 2. The molecule has 0 bridgehead atoms. The Morgan fingerprint density at radius 3 is 2.63 bits per heavy atom. The standard InChI is InChI=1S/C13H13F2N3O/c1-18(7-11(14)15)13(19)10-6-17-12(16)9-5-3-2-4-8(9)10/h2-6,11H,7H2,1H3,(H2,16,17). The molecule has 6 heteroatoms. The van der Waals surface area contributed by atoms with Crippen LogP contribution >= 0.6 is 0 Å². The monoisotopic (exact) mass is 265 g/mol. The van der Waals surface area contributed by atoms with Crippen molar-refractivity contribution in [3.05, 3.63) is 36.0 Å². The molecule has 2 aromatic rings. The van der Waals surface area contributed by atoms with Gasteiger partial charge in [0.1, 0.15) is 5.82 Å². The topological polar surface area (TPSA) is 59.2 Å². The molecule has 1 amide bonds. The number of rotatable bonds is 3. The molecule has 1 aromatic carbocycles. The second-order valence-electron chi connectivity index (χ2n) is 4.18. The Morgan fingerprint density at radius 2 is 2.00 bits per heavy atom. The number of hydrogen-bond acceptors (Lipinski definition) is 3. The maximum absolute atomic E-state index is 12.3. The van der Waals surface area contributed by atoms with E-state index in [0.29, 0.717) is 16.6 Å². The number of nitrogens with zero attached hydrogens (tertiary/aromatic N) is 2. The summed E-state index contributed by atoms with van der Waals surface area (Å²) >= 11 is 0. The number of amides is 1. The quantitative estimate of drug-likeness (QED) is 0.925. The lowest BCUT2D eigenvalue weighted by atomic mass is 10.1. The van der Waals surface area contributed by atoms with Crippen molar-refractivity contribution in [2.75, 3.05) is 19.3 Å². The first-order chi connectivity index (χ1) is 9.00. The lowest BCUT2D eigenvalue weighted by molar-refractivity contribution is 0.0621. The third-order valence-electron chi connectivity index (χ3n) is 2.81. The number of benzene rings is 1. The van der Waals surface area contributed by atoms with E-state index in [9.17, 15) is 13.6 Å². The van der Waals surface area contributed by atoms with E-state index < -0.39 is 18.9 Å². The van der Waals surface area contributed by atoms with Crippen molar-refractivity contribution in [3.8, 4) is 0 Å². The predicted molar refractivity (Wildman–Crippen MR) is 69.1 cm³/mol. The van der Waals surface area contributed by atoms with E-state index in [1.54, 1.807) is 24.3 Å². The number of alkyl halides is 2. The summed E-state index contributed by atoms with van der Waals surface area (Å²) in [4.78, 5) is 17.0. The minimum absolute atomic E-state index is 0.271. The maximum Gasteiger partial charge on any atom is 0.255 e. The second kappa shape index (κ2) is 5.17. The molecule has 0 spiro atoms. The van der Waals surface area contributed by atoms with Gasteiger partial charge in [0.15, 0.2) is 0 Å². The third-order valence-corrected chi connectivity index (χ3v) is 2.81. The molecule has 0 radical (unpaired) electrons. The molecular formula is C13H13F2N3O. The molecular weight excluding hydrogens is 252 g/mol. The van der Waals surface area contributed by atoms with Crippen LogP contribution in [0.15, 0.2) is 30.5 Å². The van der Waals surface area contributed by atoms with Crippen molar-refractivity contribution in [1.29, 1.82) is 0 Å². The van der Waals surface area contributed by atoms with Gasteiger partial charge in [-0.15, -0.1) is 0 Å². The normalized spacial score (nSPS) is 10.9. The minimum Gasteiger partial charge on any atom is -0.383 e. The van der Waals surface area contributed by atoms with Gasteiger partial charge in [0, 0.05) is 18.6 Å². The summed E-state index contributed by atoms with van der Waals surface area (Å²) in [5, 5.41) is 1.25. The van der Waals surface area contributed by atoms with E-state index in [4.69, 9.17) is 5.73 Å². The van der Waals surface area contributed by atoms with Gasteiger partial charge in [-0.1, -0.05) is 24.3 Å². The molecule has 0 saturated heterocycles. The van der Waals surface area contributed by atoms with E-state index in [2.05, 4.69) is 4.98 Å². The number of carbonyl (C=O) groups excluding carboxylic acids is 1. The van der Waals surface area contributed by atoms with Crippen LogP contribution in [0.2, 0.25) is 0 Å². The van der Waals surface area contributed by atoms with Crippen molar-refractivity contribution in [3.63, 3.8) is 0 Å². The zero-order chi connectivity index (χ0) is 14.0. The Morgan fingerprint density at radius 1 is 1.37 bits per heavy atom. The van der Waals surface area contributed by atoms with Gasteiger partial charge in [0.2, 0.25) is 0 Å². The molecule has 0 atom stereocenters. The molecule has 4 nitrogen and oxygen atoms in total. The van der Waals surface area contributed by atoms with Crippen LogP contribution in [0, 0.1) is 0 Å². The van der Waals surface area contributed by atoms with Crippen LogP contribution in [-0.4, -0.2) is 35.8 Å². The van der Waals surface area contributed by atoms with Gasteiger partial charge in [-0.25, -0.2) is 13.8 Å². The van der Waals surface area contributed by atoms with E-state index >= 15 is 0 Å². The number of nitrogens with two attached hydrogens (primary N) is 1. The number of pyridine rings is 1. The molecule has 100 valence electrons. The molecule has 0 aliphatic rings. The average Bonchev–Trinajstić information content (AvgIpc) is 2.38.